The van der Waals surface area contributed by atoms with Gasteiger partial charge in [-0.05, 0) is 12.5 Å². The van der Waals surface area contributed by atoms with Gasteiger partial charge in [0.05, 0.1) is 12.1 Å². The molecule has 0 heterocycles. The van der Waals surface area contributed by atoms with Gasteiger partial charge >= 0.3 is 12.5 Å². The maximum Gasteiger partial charge on any atom is 0.461 e. The highest BCUT2D eigenvalue weighted by Gasteiger charge is 2.44. The molecular weight excluding hydrogens is 278 g/mol. The molecule has 0 fully saturated rings. The van der Waals surface area contributed by atoms with E-state index < -0.39 is 30.4 Å². The molecule has 0 unspecified atom stereocenters. The van der Waals surface area contributed by atoms with Gasteiger partial charge in [0.1, 0.15) is 5.75 Å². The van der Waals surface area contributed by atoms with Crippen molar-refractivity contribution in [3.63, 3.8) is 0 Å². The van der Waals surface area contributed by atoms with E-state index in [-0.39, 0.29) is 5.56 Å². The van der Waals surface area contributed by atoms with Crippen LogP contribution in [0.4, 0.5) is 17.6 Å². The Labute approximate surface area is 114 Å². The minimum atomic E-state index is -4.61. The smallest absolute Gasteiger partial charge is 0.428 e. The molecule has 114 valence electrons. The molecule has 0 aromatic heterocycles. The summed E-state index contributed by atoms with van der Waals surface area (Å²) >= 11 is 0. The first-order chi connectivity index (χ1) is 9.29. The second-order valence-electron chi connectivity index (χ2n) is 4.38. The molecule has 0 saturated heterocycles. The quantitative estimate of drug-likeness (QED) is 0.760. The van der Waals surface area contributed by atoms with Gasteiger partial charge in [-0.3, -0.25) is 0 Å². The molecule has 3 N–H and O–H groups in total. The molecule has 0 saturated carbocycles. The van der Waals surface area contributed by atoms with Crippen molar-refractivity contribution in [2.45, 2.75) is 44.4 Å². The van der Waals surface area contributed by atoms with Crippen LogP contribution >= 0.6 is 0 Å². The fourth-order valence-electron chi connectivity index (χ4n) is 1.72. The molecular formula is C13H17F4NO2. The number of hydrogen-bond acceptors (Lipinski definition) is 3. The zero-order valence-electron chi connectivity index (χ0n) is 10.9. The van der Waals surface area contributed by atoms with E-state index >= 15 is 0 Å². The molecule has 1 aromatic rings. The molecule has 1 aromatic carbocycles. The van der Waals surface area contributed by atoms with Crippen LogP contribution in [0.5, 0.6) is 5.75 Å². The molecule has 0 spiro atoms. The molecule has 0 bridgehead atoms. The van der Waals surface area contributed by atoms with Crippen molar-refractivity contribution in [3.8, 4) is 5.75 Å². The number of aliphatic hydroxyl groups excluding tert-OH is 1. The van der Waals surface area contributed by atoms with E-state index in [2.05, 4.69) is 4.74 Å². The summed E-state index contributed by atoms with van der Waals surface area (Å²) in [7, 11) is 0. The molecule has 0 amide bonds. The monoisotopic (exact) mass is 295 g/mol. The van der Waals surface area contributed by atoms with Crippen molar-refractivity contribution in [2.24, 2.45) is 5.73 Å². The van der Waals surface area contributed by atoms with E-state index in [1.54, 1.807) is 0 Å². The highest BCUT2D eigenvalue weighted by atomic mass is 19.3. The molecule has 3 nitrogen and oxygen atoms in total. The topological polar surface area (TPSA) is 55.5 Å². The molecule has 1 rings (SSSR count). The SMILES string of the molecule is CCC[C@H](O)[C@H](N)c1ccccc1OC(F)(F)C(F)F. The summed E-state index contributed by atoms with van der Waals surface area (Å²) < 4.78 is 54.3. The van der Waals surface area contributed by atoms with Gasteiger partial charge < -0.3 is 15.6 Å². The zero-order chi connectivity index (χ0) is 15.3. The lowest BCUT2D eigenvalue weighted by Crippen LogP contribution is -2.35. The first-order valence-corrected chi connectivity index (χ1v) is 6.17. The Morgan fingerprint density at radius 2 is 1.90 bits per heavy atom. The fourth-order valence-corrected chi connectivity index (χ4v) is 1.72. The molecule has 0 aliphatic carbocycles. The van der Waals surface area contributed by atoms with Crippen LogP contribution in [0.1, 0.15) is 31.4 Å². The van der Waals surface area contributed by atoms with Gasteiger partial charge in [-0.25, -0.2) is 0 Å². The number of aliphatic hydroxyl groups is 1. The molecule has 2 atom stereocenters. The van der Waals surface area contributed by atoms with Gasteiger partial charge in [-0.2, -0.15) is 17.6 Å². The summed E-state index contributed by atoms with van der Waals surface area (Å²) in [5, 5.41) is 9.79. The highest BCUT2D eigenvalue weighted by molar-refractivity contribution is 5.36. The van der Waals surface area contributed by atoms with Crippen LogP contribution in [-0.4, -0.2) is 23.7 Å². The van der Waals surface area contributed by atoms with Crippen LogP contribution in [0.2, 0.25) is 0 Å². The van der Waals surface area contributed by atoms with Crippen molar-refractivity contribution >= 4 is 0 Å². The number of alkyl halides is 4. The Kier molecular flexibility index (Phi) is 5.76. The molecule has 20 heavy (non-hydrogen) atoms. The summed E-state index contributed by atoms with van der Waals surface area (Å²) in [6.07, 6.45) is -8.52. The third kappa shape index (κ3) is 4.08. The number of nitrogens with two attached hydrogens (primary N) is 1. The lowest BCUT2D eigenvalue weighted by Gasteiger charge is -2.24. The van der Waals surface area contributed by atoms with E-state index in [0.717, 1.165) is 6.07 Å². The van der Waals surface area contributed by atoms with E-state index in [0.29, 0.717) is 12.8 Å². The minimum Gasteiger partial charge on any atom is -0.428 e. The van der Waals surface area contributed by atoms with Crippen molar-refractivity contribution in [1.82, 2.24) is 0 Å². The van der Waals surface area contributed by atoms with Gasteiger partial charge in [0, 0.05) is 5.56 Å². The van der Waals surface area contributed by atoms with Crippen molar-refractivity contribution in [3.05, 3.63) is 29.8 Å². The Balaban J connectivity index is 2.99. The predicted molar refractivity (Wildman–Crippen MR) is 65.9 cm³/mol. The molecule has 7 heteroatoms. The number of ether oxygens (including phenoxy) is 1. The first kappa shape index (κ1) is 16.7. The minimum absolute atomic E-state index is 0.0637. The average molecular weight is 295 g/mol. The van der Waals surface area contributed by atoms with E-state index in [1.807, 2.05) is 6.92 Å². The van der Waals surface area contributed by atoms with Crippen LogP contribution in [0.15, 0.2) is 24.3 Å². The molecule has 0 radical (unpaired) electrons. The Bertz CT molecular complexity index is 429. The number of hydrogen-bond donors (Lipinski definition) is 2. The third-order valence-corrected chi connectivity index (χ3v) is 2.78. The van der Waals surface area contributed by atoms with Gasteiger partial charge in [0.25, 0.3) is 0 Å². The summed E-state index contributed by atoms with van der Waals surface area (Å²) in [6, 6.07) is 4.35. The average Bonchev–Trinajstić information content (AvgIpc) is 2.38. The van der Waals surface area contributed by atoms with Crippen LogP contribution in [0, 0.1) is 0 Å². The first-order valence-electron chi connectivity index (χ1n) is 6.17. The summed E-state index contributed by atoms with van der Waals surface area (Å²) in [4.78, 5) is 0. The normalized spacial score (nSPS) is 15.2. The predicted octanol–water partition coefficient (Wildman–Crippen LogP) is 3.08. The lowest BCUT2D eigenvalue weighted by atomic mass is 9.98. The zero-order valence-corrected chi connectivity index (χ0v) is 10.9. The maximum atomic E-state index is 12.9. The number of halogens is 4. The Morgan fingerprint density at radius 3 is 2.45 bits per heavy atom. The Hall–Kier alpha value is -1.34. The van der Waals surface area contributed by atoms with Crippen LogP contribution < -0.4 is 10.5 Å². The van der Waals surface area contributed by atoms with Crippen LogP contribution in [0.3, 0.4) is 0 Å². The van der Waals surface area contributed by atoms with Crippen molar-refractivity contribution < 1.29 is 27.4 Å². The second kappa shape index (κ2) is 6.90. The van der Waals surface area contributed by atoms with Gasteiger partial charge in [-0.15, -0.1) is 0 Å². The second-order valence-corrected chi connectivity index (χ2v) is 4.38. The summed E-state index contributed by atoms with van der Waals surface area (Å²) in [6.45, 7) is 1.82. The fraction of sp³-hybridized carbons (Fsp3) is 0.538. The van der Waals surface area contributed by atoms with Crippen molar-refractivity contribution in [1.29, 1.82) is 0 Å². The van der Waals surface area contributed by atoms with Gasteiger partial charge in [0.2, 0.25) is 0 Å². The number of para-hydroxylation sites is 1. The number of rotatable bonds is 7. The molecule has 0 aliphatic heterocycles. The van der Waals surface area contributed by atoms with Crippen molar-refractivity contribution in [2.75, 3.05) is 0 Å². The van der Waals surface area contributed by atoms with E-state index in [4.69, 9.17) is 5.73 Å². The Morgan fingerprint density at radius 1 is 1.30 bits per heavy atom. The maximum absolute atomic E-state index is 12.9. The van der Waals surface area contributed by atoms with E-state index in [9.17, 15) is 22.7 Å². The number of benzene rings is 1. The molecule has 0 aliphatic rings. The van der Waals surface area contributed by atoms with Gasteiger partial charge in [0.15, 0.2) is 0 Å². The van der Waals surface area contributed by atoms with Gasteiger partial charge in [-0.1, -0.05) is 31.5 Å². The van der Waals surface area contributed by atoms with E-state index in [1.165, 1.54) is 18.2 Å². The summed E-state index contributed by atoms with van der Waals surface area (Å²) in [5.41, 5.74) is 5.82. The van der Waals surface area contributed by atoms with Crippen LogP contribution in [0.25, 0.3) is 0 Å². The standard InChI is InChI=1S/C13H17F4NO2/c1-2-5-9(19)11(18)8-6-3-4-7-10(8)20-13(16,17)12(14)15/h3-4,6-7,9,11-12,19H,2,5,18H2,1H3/t9-,11+/m0/s1. The van der Waals surface area contributed by atoms with Crippen LogP contribution in [-0.2, 0) is 0 Å². The third-order valence-electron chi connectivity index (χ3n) is 2.78. The summed E-state index contributed by atoms with van der Waals surface area (Å²) in [5.74, 6) is -0.458. The largest absolute Gasteiger partial charge is 0.461 e. The highest BCUT2D eigenvalue weighted by Crippen LogP contribution is 2.33. The lowest BCUT2D eigenvalue weighted by molar-refractivity contribution is -0.253.